The van der Waals surface area contributed by atoms with Crippen LogP contribution in [0.1, 0.15) is 85.3 Å². The van der Waals surface area contributed by atoms with Crippen molar-refractivity contribution < 1.29 is 24.6 Å². The minimum Gasteiger partial charge on any atom is -0.448 e. The van der Waals surface area contributed by atoms with E-state index in [1.54, 1.807) is 7.11 Å². The number of H-pyrrole nitrogens is 1. The van der Waals surface area contributed by atoms with Gasteiger partial charge >= 0.3 is 5.88 Å². The molecule has 4 aliphatic rings. The number of hydrogen-bond acceptors (Lipinski definition) is 3. The molecule has 196 valence electrons. The van der Waals surface area contributed by atoms with E-state index in [0.717, 1.165) is 44.5 Å². The van der Waals surface area contributed by atoms with Crippen molar-refractivity contribution in [3.8, 4) is 5.88 Å². The molecule has 2 saturated heterocycles. The number of aromatic amines is 1. The van der Waals surface area contributed by atoms with Gasteiger partial charge in [-0.05, 0) is 55.6 Å². The summed E-state index contributed by atoms with van der Waals surface area (Å²) >= 11 is 0. The van der Waals surface area contributed by atoms with Gasteiger partial charge in [-0.1, -0.05) is 49.6 Å². The Hall–Kier alpha value is -2.73. The predicted molar refractivity (Wildman–Crippen MR) is 140 cm³/mol. The van der Waals surface area contributed by atoms with Gasteiger partial charge in [-0.25, -0.2) is 0 Å². The molecule has 2 aliphatic heterocycles. The van der Waals surface area contributed by atoms with Crippen LogP contribution in [0.15, 0.2) is 42.5 Å². The Kier molecular flexibility index (Phi) is 6.78. The summed E-state index contributed by atoms with van der Waals surface area (Å²) < 4.78 is 5.39. The zero-order valence-electron chi connectivity index (χ0n) is 22.1. The van der Waals surface area contributed by atoms with Crippen LogP contribution < -0.4 is 15.0 Å². The van der Waals surface area contributed by atoms with E-state index in [9.17, 15) is 9.59 Å². The fourth-order valence-corrected chi connectivity index (χ4v) is 8.08. The van der Waals surface area contributed by atoms with Crippen LogP contribution in [0.3, 0.4) is 0 Å². The number of hydrogen-bond donors (Lipinski definition) is 1. The molecule has 3 fully saturated rings. The molecule has 37 heavy (non-hydrogen) atoms. The second-order valence-electron chi connectivity index (χ2n) is 11.8. The summed E-state index contributed by atoms with van der Waals surface area (Å²) in [6, 6.07) is 15.2. The van der Waals surface area contributed by atoms with Crippen molar-refractivity contribution in [2.24, 2.45) is 11.8 Å². The molecule has 1 unspecified atom stereocenters. The highest BCUT2D eigenvalue weighted by Gasteiger charge is 2.58. The largest absolute Gasteiger partial charge is 0.448 e. The average molecular weight is 504 g/mol. The number of fused-ring (bicyclic) bond motifs is 2. The molecule has 1 amide bonds. The summed E-state index contributed by atoms with van der Waals surface area (Å²) in [5.41, 5.74) is 2.79. The monoisotopic (exact) mass is 503 g/mol. The van der Waals surface area contributed by atoms with Gasteiger partial charge in [0.25, 0.3) is 5.69 Å². The summed E-state index contributed by atoms with van der Waals surface area (Å²) in [5.74, 6) is 2.07. The Balaban J connectivity index is 1.32. The van der Waals surface area contributed by atoms with Crippen LogP contribution in [0.5, 0.6) is 5.88 Å². The van der Waals surface area contributed by atoms with Crippen LogP contribution in [0.4, 0.5) is 0 Å². The minimum absolute atomic E-state index is 0.0967. The van der Waals surface area contributed by atoms with Gasteiger partial charge in [-0.2, -0.15) is 4.98 Å². The van der Waals surface area contributed by atoms with Gasteiger partial charge in [0.05, 0.1) is 31.7 Å². The number of benzene rings is 1. The molecule has 2 aliphatic carbocycles. The maximum absolute atomic E-state index is 14.6. The summed E-state index contributed by atoms with van der Waals surface area (Å²) in [4.78, 5) is 33.0. The maximum atomic E-state index is 14.6. The fourth-order valence-electron chi connectivity index (χ4n) is 8.08. The third kappa shape index (κ3) is 4.37. The van der Waals surface area contributed by atoms with E-state index in [2.05, 4.69) is 45.5 Å². The Labute approximate surface area is 220 Å². The number of ketones is 1. The Morgan fingerprint density at radius 1 is 1.08 bits per heavy atom. The molecule has 1 aromatic carbocycles. The zero-order valence-corrected chi connectivity index (χ0v) is 22.1. The molecule has 3 N–H and O–H groups in total. The molecule has 6 heteroatoms. The molecule has 0 bridgehead atoms. The molecule has 0 radical (unpaired) electrons. The first-order chi connectivity index (χ1) is 18.1. The van der Waals surface area contributed by atoms with Crippen molar-refractivity contribution in [3.05, 3.63) is 59.3 Å². The van der Waals surface area contributed by atoms with Gasteiger partial charge in [0.15, 0.2) is 0 Å². The van der Waals surface area contributed by atoms with Crippen LogP contribution in [0.2, 0.25) is 0 Å². The van der Waals surface area contributed by atoms with Crippen LogP contribution in [0, 0.1) is 11.8 Å². The summed E-state index contributed by atoms with van der Waals surface area (Å²) in [7, 11) is 1.61. The number of aromatic nitrogens is 1. The summed E-state index contributed by atoms with van der Waals surface area (Å²) in [6.07, 6.45) is 9.71. The highest BCUT2D eigenvalue weighted by molar-refractivity contribution is 5.96. The molecular weight excluding hydrogens is 462 g/mol. The van der Waals surface area contributed by atoms with E-state index in [-0.39, 0.29) is 17.1 Å². The molecule has 1 spiro atoms. The Morgan fingerprint density at radius 3 is 2.68 bits per heavy atom. The Bertz CT molecular complexity index is 1150. The molecular formula is C31H41N3O3+2. The summed E-state index contributed by atoms with van der Waals surface area (Å²) in [6.45, 7) is 2.50. The first-order valence-corrected chi connectivity index (χ1v) is 14.4. The topological polar surface area (TPSA) is 77.4 Å². The van der Waals surface area contributed by atoms with Gasteiger partial charge in [0.2, 0.25) is 11.7 Å². The predicted octanol–water partition coefficient (Wildman–Crippen LogP) is 3.27. The SMILES string of the molecule is COc1ccc2c([nH+]1)C(=O)CC[C@]21C[NH2+]CC1C(=O)N1CC[C@@H](c2ccccc2)C[C@H]1C1CCCCC1. The number of likely N-dealkylation sites (tertiary alicyclic amines) is 1. The van der Waals surface area contributed by atoms with E-state index in [1.807, 2.05) is 12.1 Å². The highest BCUT2D eigenvalue weighted by atomic mass is 16.5. The van der Waals surface area contributed by atoms with Crippen molar-refractivity contribution in [2.75, 3.05) is 26.7 Å². The van der Waals surface area contributed by atoms with Crippen LogP contribution in [0.25, 0.3) is 0 Å². The second-order valence-corrected chi connectivity index (χ2v) is 11.8. The molecule has 1 aromatic heterocycles. The lowest BCUT2D eigenvalue weighted by molar-refractivity contribution is -0.640. The van der Waals surface area contributed by atoms with Crippen molar-refractivity contribution in [2.45, 2.75) is 75.2 Å². The smallest absolute Gasteiger partial charge is 0.366 e. The fraction of sp³-hybridized carbons (Fsp3) is 0.581. The third-order valence-electron chi connectivity index (χ3n) is 10.0. The number of nitrogens with one attached hydrogen (secondary N) is 1. The number of ether oxygens (including phenoxy) is 1. The number of pyridine rings is 1. The number of piperidine rings is 1. The normalized spacial score (nSPS) is 30.4. The average Bonchev–Trinajstić information content (AvgIpc) is 3.39. The van der Waals surface area contributed by atoms with Crippen molar-refractivity contribution >= 4 is 11.7 Å². The van der Waals surface area contributed by atoms with E-state index in [0.29, 0.717) is 41.8 Å². The number of carbonyl (C=O) groups excluding carboxylic acids is 2. The lowest BCUT2D eigenvalue weighted by Crippen LogP contribution is -2.82. The first kappa shape index (κ1) is 24.6. The van der Waals surface area contributed by atoms with Crippen molar-refractivity contribution in [1.29, 1.82) is 0 Å². The molecule has 6 nitrogen and oxygen atoms in total. The van der Waals surface area contributed by atoms with Gasteiger partial charge in [0, 0.05) is 24.6 Å². The van der Waals surface area contributed by atoms with E-state index in [1.165, 1.54) is 37.7 Å². The van der Waals surface area contributed by atoms with Gasteiger partial charge in [0.1, 0.15) is 5.92 Å². The quantitative estimate of drug-likeness (QED) is 0.696. The molecule has 2 aromatic rings. The summed E-state index contributed by atoms with van der Waals surface area (Å²) in [5, 5.41) is 2.30. The third-order valence-corrected chi connectivity index (χ3v) is 10.0. The number of methoxy groups -OCH3 is 1. The van der Waals surface area contributed by atoms with Crippen LogP contribution in [-0.2, 0) is 10.2 Å². The van der Waals surface area contributed by atoms with Crippen molar-refractivity contribution in [3.63, 3.8) is 0 Å². The number of amides is 1. The molecule has 3 heterocycles. The number of quaternary nitrogens is 1. The van der Waals surface area contributed by atoms with E-state index < -0.39 is 0 Å². The van der Waals surface area contributed by atoms with Gasteiger partial charge in [-0.3, -0.25) is 9.59 Å². The molecule has 6 rings (SSSR count). The van der Waals surface area contributed by atoms with Gasteiger partial charge < -0.3 is 15.0 Å². The number of rotatable bonds is 4. The number of Topliss-reactive ketones (excluding diaryl/α,β-unsaturated/α-hetero) is 1. The van der Waals surface area contributed by atoms with Crippen LogP contribution in [-0.4, -0.2) is 49.4 Å². The number of nitrogens with two attached hydrogens (primary N) is 1. The first-order valence-electron chi connectivity index (χ1n) is 14.4. The Morgan fingerprint density at radius 2 is 1.89 bits per heavy atom. The van der Waals surface area contributed by atoms with E-state index in [4.69, 9.17) is 4.74 Å². The lowest BCUT2D eigenvalue weighted by atomic mass is 9.64. The maximum Gasteiger partial charge on any atom is 0.366 e. The van der Waals surface area contributed by atoms with Crippen LogP contribution >= 0.6 is 0 Å². The van der Waals surface area contributed by atoms with E-state index >= 15 is 0 Å². The molecule has 1 saturated carbocycles. The van der Waals surface area contributed by atoms with Gasteiger partial charge in [-0.15, -0.1) is 0 Å². The standard InChI is InChI=1S/C31H39N3O3/c1-37-28-13-12-24-29(33-28)27(35)14-16-31(24)20-32-19-25(31)30(36)34-17-15-23(21-8-4-2-5-9-21)18-26(34)22-10-6-3-7-11-22/h2,4-5,8-9,12-13,22-23,25-26,32H,3,6-7,10-11,14-20H2,1H3/p+2/t23-,25?,26+,31+/m1/s1. The minimum atomic E-state index is -0.295. The second kappa shape index (κ2) is 10.2. The zero-order chi connectivity index (χ0) is 25.4. The number of carbonyl (C=O) groups is 2. The number of nitrogens with zero attached hydrogens (tertiary/aromatic N) is 1. The molecule has 4 atom stereocenters. The van der Waals surface area contributed by atoms with Crippen molar-refractivity contribution in [1.82, 2.24) is 4.90 Å². The lowest BCUT2D eigenvalue weighted by Gasteiger charge is -2.47. The highest BCUT2D eigenvalue weighted by Crippen LogP contribution is 2.46.